The van der Waals surface area contributed by atoms with Crippen molar-refractivity contribution in [3.8, 4) is 0 Å². The number of rotatable bonds is 2. The third-order valence-electron chi connectivity index (χ3n) is 7.92. The molecule has 4 aliphatic carbocycles. The molecule has 0 saturated carbocycles. The van der Waals surface area contributed by atoms with Crippen LogP contribution in [0.2, 0.25) is 0 Å². The highest BCUT2D eigenvalue weighted by Crippen LogP contribution is 2.60. The number of benzene rings is 4. The van der Waals surface area contributed by atoms with Crippen LogP contribution in [0.25, 0.3) is 10.8 Å². The Bertz CT molecular complexity index is 1600. The lowest BCUT2D eigenvalue weighted by Crippen LogP contribution is -2.32. The maximum atomic E-state index is 11.8. The lowest BCUT2D eigenvalue weighted by atomic mass is 9.56. The van der Waals surface area contributed by atoms with Crippen molar-refractivity contribution in [1.82, 2.24) is 0 Å². The third-order valence-corrected chi connectivity index (χ3v) is 7.92. The highest BCUT2D eigenvalue weighted by Gasteiger charge is 2.45. The Morgan fingerprint density at radius 2 is 1.06 bits per heavy atom. The molecule has 4 heteroatoms. The molecule has 34 heavy (non-hydrogen) atoms. The summed E-state index contributed by atoms with van der Waals surface area (Å²) >= 11 is 0. The summed E-state index contributed by atoms with van der Waals surface area (Å²) < 4.78 is 0. The number of carbonyl (C=O) groups is 2. The lowest BCUT2D eigenvalue weighted by molar-refractivity contribution is 0.0686. The van der Waals surface area contributed by atoms with E-state index < -0.39 is 11.9 Å². The Kier molecular flexibility index (Phi) is 3.79. The fourth-order valence-corrected chi connectivity index (χ4v) is 6.52. The third kappa shape index (κ3) is 2.48. The van der Waals surface area contributed by atoms with Crippen molar-refractivity contribution in [3.63, 3.8) is 0 Å². The molecule has 8 rings (SSSR count). The number of carboxylic acid groups (broad SMARTS) is 2. The summed E-state index contributed by atoms with van der Waals surface area (Å²) in [7, 11) is 0. The molecule has 4 aliphatic rings. The quantitative estimate of drug-likeness (QED) is 0.358. The molecule has 0 aromatic heterocycles. The number of fused-ring (bicyclic) bond motifs is 1. The van der Waals surface area contributed by atoms with Gasteiger partial charge in [0, 0.05) is 23.7 Å². The molecule has 164 valence electrons. The van der Waals surface area contributed by atoms with Crippen LogP contribution in [0.4, 0.5) is 0 Å². The summed E-state index contributed by atoms with van der Waals surface area (Å²) in [5.41, 5.74) is 7.97. The van der Waals surface area contributed by atoms with E-state index in [4.69, 9.17) is 0 Å². The molecule has 0 saturated heterocycles. The molecule has 4 bridgehead atoms. The van der Waals surface area contributed by atoms with Gasteiger partial charge in [-0.15, -0.1) is 0 Å². The first kappa shape index (κ1) is 19.3. The molecule has 2 N–H and O–H groups in total. The number of hydrogen-bond donors (Lipinski definition) is 2. The van der Waals surface area contributed by atoms with Crippen molar-refractivity contribution in [2.24, 2.45) is 0 Å². The minimum absolute atomic E-state index is 0.0220. The average Bonchev–Trinajstić information content (AvgIpc) is 2.83. The maximum Gasteiger partial charge on any atom is 0.335 e. The summed E-state index contributed by atoms with van der Waals surface area (Å²) in [5, 5.41) is 21.1. The summed E-state index contributed by atoms with van der Waals surface area (Å²) in [4.78, 5) is 23.4. The average molecular weight is 444 g/mol. The van der Waals surface area contributed by atoms with E-state index in [0.717, 1.165) is 16.3 Å². The number of hydrogen-bond acceptors (Lipinski definition) is 2. The molecule has 0 aliphatic heterocycles. The predicted molar refractivity (Wildman–Crippen MR) is 129 cm³/mol. The monoisotopic (exact) mass is 444 g/mol. The van der Waals surface area contributed by atoms with Crippen molar-refractivity contribution in [3.05, 3.63) is 129 Å². The Labute approximate surface area is 195 Å². The normalized spacial score (nSPS) is 23.1. The molecule has 4 atom stereocenters. The van der Waals surface area contributed by atoms with Crippen molar-refractivity contribution in [1.29, 1.82) is 0 Å². The molecular formula is C30H20O4. The molecule has 4 nitrogen and oxygen atoms in total. The first-order valence-corrected chi connectivity index (χ1v) is 11.5. The van der Waals surface area contributed by atoms with Gasteiger partial charge in [-0.1, -0.05) is 60.7 Å². The van der Waals surface area contributed by atoms with E-state index in [1.807, 2.05) is 18.2 Å². The van der Waals surface area contributed by atoms with Gasteiger partial charge in [0.1, 0.15) is 0 Å². The summed E-state index contributed by atoms with van der Waals surface area (Å²) in [6.07, 6.45) is 4.61. The summed E-state index contributed by atoms with van der Waals surface area (Å²) in [6, 6.07) is 23.8. The Morgan fingerprint density at radius 1 is 0.529 bits per heavy atom. The minimum Gasteiger partial charge on any atom is -0.478 e. The van der Waals surface area contributed by atoms with Crippen LogP contribution < -0.4 is 0 Å². The molecule has 0 spiro atoms. The van der Waals surface area contributed by atoms with Gasteiger partial charge in [0.2, 0.25) is 0 Å². The van der Waals surface area contributed by atoms with Crippen LogP contribution >= 0.6 is 0 Å². The number of carboxylic acids is 2. The van der Waals surface area contributed by atoms with Gasteiger partial charge in [0.25, 0.3) is 0 Å². The Morgan fingerprint density at radius 3 is 1.71 bits per heavy atom. The fourth-order valence-electron chi connectivity index (χ4n) is 6.52. The first-order valence-electron chi connectivity index (χ1n) is 11.5. The Balaban J connectivity index is 1.53. The van der Waals surface area contributed by atoms with E-state index >= 15 is 0 Å². The molecule has 0 unspecified atom stereocenters. The van der Waals surface area contributed by atoms with E-state index in [1.165, 1.54) is 27.8 Å². The second-order valence-corrected chi connectivity index (χ2v) is 9.52. The van der Waals surface area contributed by atoms with Crippen molar-refractivity contribution in [2.75, 3.05) is 0 Å². The van der Waals surface area contributed by atoms with Gasteiger partial charge in [-0.2, -0.15) is 0 Å². The van der Waals surface area contributed by atoms with Crippen LogP contribution in [0.15, 0.2) is 84.9 Å². The predicted octanol–water partition coefficient (Wildman–Crippen LogP) is 6.26. The molecular weight excluding hydrogens is 424 g/mol. The summed E-state index contributed by atoms with van der Waals surface area (Å²) in [6.45, 7) is 0. The topological polar surface area (TPSA) is 74.6 Å². The van der Waals surface area contributed by atoms with E-state index in [-0.39, 0.29) is 29.2 Å². The zero-order valence-corrected chi connectivity index (χ0v) is 18.1. The van der Waals surface area contributed by atoms with Gasteiger partial charge in [-0.3, -0.25) is 0 Å². The molecule has 4 aromatic carbocycles. The zero-order chi connectivity index (χ0) is 23.1. The second-order valence-electron chi connectivity index (χ2n) is 9.52. The lowest BCUT2D eigenvalue weighted by Gasteiger charge is -2.46. The highest BCUT2D eigenvalue weighted by atomic mass is 16.4. The number of allylic oxidation sites excluding steroid dienone is 2. The second kappa shape index (κ2) is 6.67. The van der Waals surface area contributed by atoms with Gasteiger partial charge < -0.3 is 10.2 Å². The standard InChI is InChI=1S/C30H20O4/c31-29(32)16-6-5-15-12-24-22-10-9-21(25(24)14-18(15)11-16)27-19-3-1-2-4-20(19)28(22)26-13-17(30(33)34)7-8-23(26)27/h1-14,21-22,27-28H,(H,31,32)(H,33,34)/t21-,22+,27+,28-/m0/s1. The van der Waals surface area contributed by atoms with Gasteiger partial charge in [0.15, 0.2) is 0 Å². The molecule has 0 heterocycles. The van der Waals surface area contributed by atoms with Crippen LogP contribution in [0.5, 0.6) is 0 Å². The maximum absolute atomic E-state index is 11.8. The van der Waals surface area contributed by atoms with Gasteiger partial charge in [-0.25, -0.2) is 9.59 Å². The smallest absolute Gasteiger partial charge is 0.335 e. The minimum atomic E-state index is -0.925. The first-order chi connectivity index (χ1) is 16.5. The molecule has 4 aromatic rings. The van der Waals surface area contributed by atoms with Crippen LogP contribution in [0, 0.1) is 0 Å². The van der Waals surface area contributed by atoms with E-state index in [0.29, 0.717) is 5.56 Å². The van der Waals surface area contributed by atoms with E-state index in [9.17, 15) is 19.8 Å². The SMILES string of the molecule is O=C(O)c1ccc2c(c1)[C@H]1c3ccccc3[C@@H]2[C@H]2C=C[C@@H]1c1cc3ccc(C(=O)O)cc3cc12. The van der Waals surface area contributed by atoms with Crippen molar-refractivity contribution >= 4 is 22.7 Å². The molecule has 0 fully saturated rings. The van der Waals surface area contributed by atoms with Crippen LogP contribution in [-0.2, 0) is 0 Å². The van der Waals surface area contributed by atoms with E-state index in [2.05, 4.69) is 48.6 Å². The summed E-state index contributed by atoms with van der Waals surface area (Å²) in [5.74, 6) is -1.59. The fraction of sp³-hybridized carbons (Fsp3) is 0.133. The number of aromatic carboxylic acids is 2. The van der Waals surface area contributed by atoms with Gasteiger partial charge >= 0.3 is 11.9 Å². The molecule has 0 radical (unpaired) electrons. The zero-order valence-electron chi connectivity index (χ0n) is 18.1. The largest absolute Gasteiger partial charge is 0.478 e. The highest BCUT2D eigenvalue weighted by molar-refractivity contribution is 5.95. The Hall–Kier alpha value is -4.18. The van der Waals surface area contributed by atoms with Crippen molar-refractivity contribution < 1.29 is 19.8 Å². The van der Waals surface area contributed by atoms with Gasteiger partial charge in [-0.05, 0) is 68.4 Å². The van der Waals surface area contributed by atoms with Gasteiger partial charge in [0.05, 0.1) is 11.1 Å². The van der Waals surface area contributed by atoms with E-state index in [1.54, 1.807) is 18.2 Å². The van der Waals surface area contributed by atoms with Crippen LogP contribution in [-0.4, -0.2) is 22.2 Å². The van der Waals surface area contributed by atoms with Crippen molar-refractivity contribution in [2.45, 2.75) is 23.7 Å². The van der Waals surface area contributed by atoms with Crippen LogP contribution in [0.3, 0.4) is 0 Å². The molecule has 0 amide bonds. The van der Waals surface area contributed by atoms with Crippen LogP contribution in [0.1, 0.15) is 77.8 Å².